The highest BCUT2D eigenvalue weighted by Crippen LogP contribution is 2.29. The second-order valence-corrected chi connectivity index (χ2v) is 5.54. The van der Waals surface area contributed by atoms with Crippen LogP contribution in [0, 0.1) is 0 Å². The van der Waals surface area contributed by atoms with E-state index >= 15 is 0 Å². The fraction of sp³-hybridized carbons (Fsp3) is 0.200. The van der Waals surface area contributed by atoms with Crippen LogP contribution in [-0.4, -0.2) is 22.1 Å². The number of aryl methyl sites for hydroxylation is 1. The number of rotatable bonds is 4. The number of benzene rings is 1. The number of aliphatic hydroxyl groups excluding tert-OH is 1. The van der Waals surface area contributed by atoms with E-state index in [9.17, 15) is 14.7 Å². The second kappa shape index (κ2) is 6.96. The largest absolute Gasteiger partial charge is 0.386 e. The Balaban J connectivity index is 2.07. The summed E-state index contributed by atoms with van der Waals surface area (Å²) in [6.07, 6.45) is 0.393. The fourth-order valence-corrected chi connectivity index (χ4v) is 2.60. The van der Waals surface area contributed by atoms with Gasteiger partial charge in [-0.15, -0.1) is 0 Å². The van der Waals surface area contributed by atoms with E-state index in [1.807, 2.05) is 0 Å². The molecule has 5 nitrogen and oxygen atoms in total. The van der Waals surface area contributed by atoms with Gasteiger partial charge in [0.05, 0.1) is 11.7 Å². The van der Waals surface area contributed by atoms with Crippen molar-refractivity contribution in [3.05, 3.63) is 68.1 Å². The highest BCUT2D eigenvalue weighted by atomic mass is 35.5. The van der Waals surface area contributed by atoms with E-state index in [0.717, 1.165) is 0 Å². The summed E-state index contributed by atoms with van der Waals surface area (Å²) in [5.41, 5.74) is 0.477. The van der Waals surface area contributed by atoms with E-state index in [0.29, 0.717) is 21.2 Å². The molecule has 1 atom stereocenters. The van der Waals surface area contributed by atoms with Gasteiger partial charge in [0, 0.05) is 41.5 Å². The molecule has 7 heteroatoms. The maximum Gasteiger partial charge on any atom is 0.252 e. The minimum absolute atomic E-state index is 0.0505. The van der Waals surface area contributed by atoms with Gasteiger partial charge < -0.3 is 15.0 Å². The molecule has 0 spiro atoms. The molecule has 0 fully saturated rings. The van der Waals surface area contributed by atoms with Gasteiger partial charge >= 0.3 is 0 Å². The van der Waals surface area contributed by atoms with Crippen molar-refractivity contribution in [1.82, 2.24) is 9.88 Å². The monoisotopic (exact) mass is 340 g/mol. The van der Waals surface area contributed by atoms with E-state index < -0.39 is 12.0 Å². The molecule has 0 radical (unpaired) electrons. The molecule has 1 aromatic heterocycles. The van der Waals surface area contributed by atoms with E-state index in [1.54, 1.807) is 25.2 Å². The number of carbonyl (C=O) groups is 1. The SMILES string of the molecule is Cn1cc(C(=O)NCC(O)c2c(Cl)cccc2Cl)ccc1=O. The normalized spacial score (nSPS) is 12.0. The first-order chi connectivity index (χ1) is 10.4. The number of nitrogens with one attached hydrogen (secondary N) is 1. The molecule has 2 rings (SSSR count). The van der Waals surface area contributed by atoms with Crippen LogP contribution in [0.15, 0.2) is 41.3 Å². The number of hydrogen-bond donors (Lipinski definition) is 2. The Hall–Kier alpha value is -1.82. The van der Waals surface area contributed by atoms with Gasteiger partial charge in [-0.2, -0.15) is 0 Å². The lowest BCUT2D eigenvalue weighted by atomic mass is 10.1. The van der Waals surface area contributed by atoms with Crippen molar-refractivity contribution < 1.29 is 9.90 Å². The van der Waals surface area contributed by atoms with Gasteiger partial charge in [-0.05, 0) is 18.2 Å². The van der Waals surface area contributed by atoms with Crippen LogP contribution in [0.4, 0.5) is 0 Å². The average molecular weight is 341 g/mol. The Bertz CT molecular complexity index is 738. The zero-order chi connectivity index (χ0) is 16.3. The van der Waals surface area contributed by atoms with Crippen molar-refractivity contribution in [2.45, 2.75) is 6.10 Å². The molecule has 0 bridgehead atoms. The van der Waals surface area contributed by atoms with Gasteiger partial charge in [-0.25, -0.2) is 0 Å². The van der Waals surface area contributed by atoms with Crippen molar-refractivity contribution in [2.75, 3.05) is 6.54 Å². The number of aliphatic hydroxyl groups is 1. The molecule has 0 aliphatic rings. The predicted molar refractivity (Wildman–Crippen MR) is 85.4 cm³/mol. The molecule has 2 aromatic rings. The molecule has 0 aliphatic heterocycles. The van der Waals surface area contributed by atoms with E-state index in [4.69, 9.17) is 23.2 Å². The molecule has 1 aromatic carbocycles. The smallest absolute Gasteiger partial charge is 0.252 e. The quantitative estimate of drug-likeness (QED) is 0.895. The summed E-state index contributed by atoms with van der Waals surface area (Å²) in [4.78, 5) is 23.3. The second-order valence-electron chi connectivity index (χ2n) is 4.73. The maximum absolute atomic E-state index is 12.0. The van der Waals surface area contributed by atoms with Crippen LogP contribution < -0.4 is 10.9 Å². The Morgan fingerprint density at radius 3 is 2.50 bits per heavy atom. The van der Waals surface area contributed by atoms with Crippen LogP contribution >= 0.6 is 23.2 Å². The molecule has 22 heavy (non-hydrogen) atoms. The first kappa shape index (κ1) is 16.5. The lowest BCUT2D eigenvalue weighted by molar-refractivity contribution is 0.0915. The zero-order valence-electron chi connectivity index (χ0n) is 11.7. The number of nitrogens with zero attached hydrogens (tertiary/aromatic N) is 1. The minimum atomic E-state index is -1.03. The lowest BCUT2D eigenvalue weighted by Gasteiger charge is -2.15. The topological polar surface area (TPSA) is 71.3 Å². The van der Waals surface area contributed by atoms with Crippen LogP contribution in [0.3, 0.4) is 0 Å². The lowest BCUT2D eigenvalue weighted by Crippen LogP contribution is -2.29. The van der Waals surface area contributed by atoms with Gasteiger partial charge in [0.2, 0.25) is 5.56 Å². The molecule has 1 heterocycles. The molecule has 0 saturated carbocycles. The van der Waals surface area contributed by atoms with E-state index in [2.05, 4.69) is 5.32 Å². The van der Waals surface area contributed by atoms with Gasteiger partial charge in [0.15, 0.2) is 0 Å². The highest BCUT2D eigenvalue weighted by Gasteiger charge is 2.16. The summed E-state index contributed by atoms with van der Waals surface area (Å²) in [5.74, 6) is -0.405. The Kier molecular flexibility index (Phi) is 5.24. The van der Waals surface area contributed by atoms with Gasteiger partial charge in [0.1, 0.15) is 0 Å². The highest BCUT2D eigenvalue weighted by molar-refractivity contribution is 6.36. The molecule has 0 saturated heterocycles. The summed E-state index contributed by atoms with van der Waals surface area (Å²) in [6.45, 7) is -0.0505. The fourth-order valence-electron chi connectivity index (χ4n) is 1.95. The molecule has 1 amide bonds. The Labute approximate surface area is 137 Å². The van der Waals surface area contributed by atoms with Crippen molar-refractivity contribution in [3.63, 3.8) is 0 Å². The van der Waals surface area contributed by atoms with Crippen molar-refractivity contribution in [2.24, 2.45) is 7.05 Å². The van der Waals surface area contributed by atoms with E-state index in [1.165, 1.54) is 22.9 Å². The average Bonchev–Trinajstić information content (AvgIpc) is 2.47. The maximum atomic E-state index is 12.0. The van der Waals surface area contributed by atoms with Crippen molar-refractivity contribution >= 4 is 29.1 Å². The predicted octanol–water partition coefficient (Wildman–Crippen LogP) is 2.16. The van der Waals surface area contributed by atoms with Crippen molar-refractivity contribution in [1.29, 1.82) is 0 Å². The number of halogens is 2. The molecule has 0 aliphatic carbocycles. The summed E-state index contributed by atoms with van der Waals surface area (Å²) in [6, 6.07) is 7.62. The third-order valence-electron chi connectivity index (χ3n) is 3.14. The summed E-state index contributed by atoms with van der Waals surface area (Å²) < 4.78 is 1.30. The van der Waals surface area contributed by atoms with Crippen molar-refractivity contribution in [3.8, 4) is 0 Å². The third-order valence-corrected chi connectivity index (χ3v) is 3.80. The molecule has 116 valence electrons. The first-order valence-corrected chi connectivity index (χ1v) is 7.22. The Morgan fingerprint density at radius 1 is 1.27 bits per heavy atom. The molecule has 2 N–H and O–H groups in total. The van der Waals surface area contributed by atoms with Crippen LogP contribution in [0.1, 0.15) is 22.0 Å². The first-order valence-electron chi connectivity index (χ1n) is 6.47. The Morgan fingerprint density at radius 2 is 1.91 bits per heavy atom. The third kappa shape index (κ3) is 3.68. The number of amides is 1. The van der Waals surface area contributed by atoms with Crippen LogP contribution in [0.2, 0.25) is 10.0 Å². The zero-order valence-corrected chi connectivity index (χ0v) is 13.2. The molecule has 1 unspecified atom stereocenters. The molecular weight excluding hydrogens is 327 g/mol. The summed E-state index contributed by atoms with van der Waals surface area (Å²) in [7, 11) is 1.55. The van der Waals surface area contributed by atoms with Gasteiger partial charge in [-0.1, -0.05) is 29.3 Å². The number of carbonyl (C=O) groups excluding carboxylic acids is 1. The van der Waals surface area contributed by atoms with Crippen LogP contribution in [-0.2, 0) is 7.05 Å². The van der Waals surface area contributed by atoms with Gasteiger partial charge in [0.25, 0.3) is 5.91 Å². The number of aromatic nitrogens is 1. The molecular formula is C15H14Cl2N2O3. The standard InChI is InChI=1S/C15H14Cl2N2O3/c1-19-8-9(5-6-13(19)21)15(22)18-7-12(20)14-10(16)3-2-4-11(14)17/h2-6,8,12,20H,7H2,1H3,(H,18,22). The minimum Gasteiger partial charge on any atom is -0.386 e. The van der Waals surface area contributed by atoms with Crippen LogP contribution in [0.5, 0.6) is 0 Å². The van der Waals surface area contributed by atoms with Crippen LogP contribution in [0.25, 0.3) is 0 Å². The summed E-state index contributed by atoms with van der Waals surface area (Å²) in [5, 5.41) is 13.4. The summed E-state index contributed by atoms with van der Waals surface area (Å²) >= 11 is 12.0. The van der Waals surface area contributed by atoms with E-state index in [-0.39, 0.29) is 12.1 Å². The number of pyridine rings is 1. The number of hydrogen-bond acceptors (Lipinski definition) is 3. The van der Waals surface area contributed by atoms with Gasteiger partial charge in [-0.3, -0.25) is 9.59 Å².